The van der Waals surface area contributed by atoms with Crippen molar-refractivity contribution in [1.82, 2.24) is 0 Å². The van der Waals surface area contributed by atoms with Crippen molar-refractivity contribution in [2.75, 3.05) is 6.61 Å². The highest BCUT2D eigenvalue weighted by Crippen LogP contribution is 2.30. The number of benzene rings is 2. The number of fused-ring (bicyclic) bond motifs is 1. The van der Waals surface area contributed by atoms with E-state index in [1.165, 1.54) is 24.3 Å². The molecule has 0 unspecified atom stereocenters. The molecule has 6 heteroatoms. The lowest BCUT2D eigenvalue weighted by Gasteiger charge is -2.16. The van der Waals surface area contributed by atoms with E-state index in [-0.39, 0.29) is 17.4 Å². The first-order valence-corrected chi connectivity index (χ1v) is 7.88. The van der Waals surface area contributed by atoms with Crippen molar-refractivity contribution < 1.29 is 18.7 Å². The smallest absolute Gasteiger partial charge is 0.363 e. The number of carbonyl (C=O) groups is 1. The first-order valence-electron chi connectivity index (χ1n) is 7.50. The monoisotopic (exact) mass is 355 g/mol. The summed E-state index contributed by atoms with van der Waals surface area (Å²) in [7, 11) is 0. The zero-order valence-corrected chi connectivity index (χ0v) is 13.6. The molecule has 0 N–H and O–H groups in total. The molecule has 0 aliphatic carbocycles. The molecule has 4 rings (SSSR count). The van der Waals surface area contributed by atoms with E-state index in [1.807, 2.05) is 6.08 Å². The Kier molecular flexibility index (Phi) is 3.86. The van der Waals surface area contributed by atoms with Crippen LogP contribution < -0.4 is 4.74 Å². The second-order valence-electron chi connectivity index (χ2n) is 5.53. The van der Waals surface area contributed by atoms with E-state index in [1.54, 1.807) is 24.3 Å². The Bertz CT molecular complexity index is 961. The lowest BCUT2D eigenvalue weighted by Crippen LogP contribution is -2.08. The molecule has 2 aromatic carbocycles. The summed E-state index contributed by atoms with van der Waals surface area (Å²) in [5.74, 6) is -0.0449. The summed E-state index contributed by atoms with van der Waals surface area (Å²) < 4.78 is 23.8. The highest BCUT2D eigenvalue weighted by atomic mass is 35.5. The van der Waals surface area contributed by atoms with Crippen LogP contribution in [0.2, 0.25) is 5.02 Å². The van der Waals surface area contributed by atoms with Gasteiger partial charge in [-0.25, -0.2) is 14.2 Å². The van der Waals surface area contributed by atoms with Crippen LogP contribution in [-0.4, -0.2) is 18.5 Å². The third-order valence-electron chi connectivity index (χ3n) is 3.74. The Morgan fingerprint density at radius 2 is 1.96 bits per heavy atom. The predicted molar refractivity (Wildman–Crippen MR) is 92.0 cm³/mol. The lowest BCUT2D eigenvalue weighted by atomic mass is 10.1. The van der Waals surface area contributed by atoms with Gasteiger partial charge in [-0.05, 0) is 60.2 Å². The average Bonchev–Trinajstić information content (AvgIpc) is 2.96. The highest BCUT2D eigenvalue weighted by Gasteiger charge is 2.25. The first-order chi connectivity index (χ1) is 12.1. The standard InChI is InChI=1S/C19H11ClFNO3/c20-14-3-6-17-13(9-14)7-11(10-24-17)8-16-19(23)25-18(22-16)12-1-4-15(21)5-2-12/h1-9H,10H2/b16-8+. The van der Waals surface area contributed by atoms with Crippen molar-refractivity contribution in [2.24, 2.45) is 4.99 Å². The van der Waals surface area contributed by atoms with Crippen molar-refractivity contribution in [3.05, 3.63) is 81.8 Å². The van der Waals surface area contributed by atoms with Crippen LogP contribution in [-0.2, 0) is 9.53 Å². The number of cyclic esters (lactones) is 1. The molecule has 2 aromatic rings. The predicted octanol–water partition coefficient (Wildman–Crippen LogP) is 4.14. The van der Waals surface area contributed by atoms with Crippen molar-refractivity contribution in [3.63, 3.8) is 0 Å². The minimum atomic E-state index is -0.558. The van der Waals surface area contributed by atoms with E-state index in [4.69, 9.17) is 21.1 Å². The molecule has 0 spiro atoms. The third kappa shape index (κ3) is 3.19. The molecule has 0 atom stereocenters. The number of carbonyl (C=O) groups excluding carboxylic acids is 1. The third-order valence-corrected chi connectivity index (χ3v) is 3.98. The fourth-order valence-corrected chi connectivity index (χ4v) is 2.73. The fraction of sp³-hybridized carbons (Fsp3) is 0.0526. The Labute approximate surface area is 147 Å². The van der Waals surface area contributed by atoms with E-state index in [0.29, 0.717) is 17.2 Å². The molecule has 0 saturated heterocycles. The fourth-order valence-electron chi connectivity index (χ4n) is 2.55. The number of hydrogen-bond acceptors (Lipinski definition) is 4. The van der Waals surface area contributed by atoms with Gasteiger partial charge in [-0.2, -0.15) is 0 Å². The number of esters is 1. The molecule has 0 amide bonds. The number of nitrogens with zero attached hydrogens (tertiary/aromatic N) is 1. The van der Waals surface area contributed by atoms with E-state index >= 15 is 0 Å². The second kappa shape index (κ2) is 6.18. The van der Waals surface area contributed by atoms with Gasteiger partial charge in [-0.1, -0.05) is 11.6 Å². The van der Waals surface area contributed by atoms with Gasteiger partial charge in [0.25, 0.3) is 0 Å². The minimum absolute atomic E-state index is 0.150. The quantitative estimate of drug-likeness (QED) is 0.601. The number of hydrogen-bond donors (Lipinski definition) is 0. The molecule has 0 aromatic heterocycles. The van der Waals surface area contributed by atoms with E-state index < -0.39 is 5.97 Å². The molecule has 0 saturated carbocycles. The summed E-state index contributed by atoms with van der Waals surface area (Å²) in [6.45, 7) is 0.312. The van der Waals surface area contributed by atoms with Gasteiger partial charge in [0, 0.05) is 16.1 Å². The number of rotatable bonds is 2. The number of aliphatic imine (C=N–C) groups is 1. The van der Waals surface area contributed by atoms with Crippen LogP contribution in [0.3, 0.4) is 0 Å². The summed E-state index contributed by atoms with van der Waals surface area (Å²) in [4.78, 5) is 16.2. The summed E-state index contributed by atoms with van der Waals surface area (Å²) >= 11 is 5.99. The van der Waals surface area contributed by atoms with Crippen LogP contribution >= 0.6 is 11.6 Å². The molecule has 0 fully saturated rings. The van der Waals surface area contributed by atoms with Gasteiger partial charge < -0.3 is 9.47 Å². The molecule has 124 valence electrons. The molecule has 4 nitrogen and oxygen atoms in total. The second-order valence-corrected chi connectivity index (χ2v) is 5.97. The number of halogens is 2. The van der Waals surface area contributed by atoms with Gasteiger partial charge in [0.2, 0.25) is 5.90 Å². The van der Waals surface area contributed by atoms with Crippen molar-refractivity contribution in [3.8, 4) is 5.75 Å². The molecular weight excluding hydrogens is 345 g/mol. The topological polar surface area (TPSA) is 47.9 Å². The minimum Gasteiger partial charge on any atom is -0.488 e. The van der Waals surface area contributed by atoms with Crippen LogP contribution in [0.1, 0.15) is 11.1 Å². The molecule has 0 radical (unpaired) electrons. The first kappa shape index (κ1) is 15.6. The van der Waals surface area contributed by atoms with Crippen LogP contribution in [0.15, 0.2) is 64.8 Å². The van der Waals surface area contributed by atoms with Crippen molar-refractivity contribution in [1.29, 1.82) is 0 Å². The van der Waals surface area contributed by atoms with Crippen molar-refractivity contribution >= 4 is 29.5 Å². The summed E-state index contributed by atoms with van der Waals surface area (Å²) in [5.41, 5.74) is 2.30. The molecule has 2 heterocycles. The molecular formula is C19H11ClFNO3. The SMILES string of the molecule is O=C1OC(c2ccc(F)cc2)=N/C1=C/C1=Cc2cc(Cl)ccc2OC1. The molecule has 0 bridgehead atoms. The van der Waals surface area contributed by atoms with Gasteiger partial charge in [-0.3, -0.25) is 0 Å². The Morgan fingerprint density at radius 3 is 2.76 bits per heavy atom. The maximum Gasteiger partial charge on any atom is 0.363 e. The zero-order valence-electron chi connectivity index (χ0n) is 12.8. The van der Waals surface area contributed by atoms with Gasteiger partial charge >= 0.3 is 5.97 Å². The van der Waals surface area contributed by atoms with Crippen LogP contribution in [0.4, 0.5) is 4.39 Å². The summed E-state index contributed by atoms with van der Waals surface area (Å²) in [5, 5.41) is 0.601. The van der Waals surface area contributed by atoms with E-state index in [0.717, 1.165) is 16.9 Å². The van der Waals surface area contributed by atoms with Crippen LogP contribution in [0, 0.1) is 5.82 Å². The normalized spacial score (nSPS) is 17.5. The van der Waals surface area contributed by atoms with Gasteiger partial charge in [0.1, 0.15) is 18.2 Å². The Balaban J connectivity index is 1.65. The van der Waals surface area contributed by atoms with Gasteiger partial charge in [0.05, 0.1) is 0 Å². The maximum atomic E-state index is 13.0. The average molecular weight is 356 g/mol. The Hall–Kier alpha value is -2.92. The van der Waals surface area contributed by atoms with Crippen LogP contribution in [0.25, 0.3) is 6.08 Å². The summed E-state index contributed by atoms with van der Waals surface area (Å²) in [6.07, 6.45) is 3.50. The highest BCUT2D eigenvalue weighted by molar-refractivity contribution is 6.30. The van der Waals surface area contributed by atoms with E-state index in [9.17, 15) is 9.18 Å². The van der Waals surface area contributed by atoms with Crippen molar-refractivity contribution in [2.45, 2.75) is 0 Å². The van der Waals surface area contributed by atoms with E-state index in [2.05, 4.69) is 4.99 Å². The molecule has 2 aliphatic rings. The molecule has 25 heavy (non-hydrogen) atoms. The van der Waals surface area contributed by atoms with Gasteiger partial charge in [-0.15, -0.1) is 0 Å². The lowest BCUT2D eigenvalue weighted by molar-refractivity contribution is -0.130. The Morgan fingerprint density at radius 1 is 1.16 bits per heavy atom. The largest absolute Gasteiger partial charge is 0.488 e. The molecule has 2 aliphatic heterocycles. The summed E-state index contributed by atoms with van der Waals surface area (Å²) in [6, 6.07) is 10.9. The van der Waals surface area contributed by atoms with Gasteiger partial charge in [0.15, 0.2) is 5.70 Å². The number of ether oxygens (including phenoxy) is 2. The zero-order chi connectivity index (χ0) is 17.4. The van der Waals surface area contributed by atoms with Crippen LogP contribution in [0.5, 0.6) is 5.75 Å². The maximum absolute atomic E-state index is 13.0.